The Morgan fingerprint density at radius 1 is 1.14 bits per heavy atom. The highest BCUT2D eigenvalue weighted by Crippen LogP contribution is 2.61. The predicted octanol–water partition coefficient (Wildman–Crippen LogP) is 3.98. The van der Waals surface area contributed by atoms with Crippen LogP contribution in [0.4, 0.5) is 0 Å². The summed E-state index contributed by atoms with van der Waals surface area (Å²) in [5, 5.41) is 7.00. The molecule has 28 heavy (non-hydrogen) atoms. The summed E-state index contributed by atoms with van der Waals surface area (Å²) in [6, 6.07) is 0.121. The normalized spacial score (nSPS) is 31.8. The topological polar surface area (TPSA) is 81.4 Å². The highest BCUT2D eigenvalue weighted by molar-refractivity contribution is 5.93. The fourth-order valence-electron chi connectivity index (χ4n) is 6.38. The molecule has 4 bridgehead atoms. The van der Waals surface area contributed by atoms with E-state index in [-0.39, 0.29) is 29.9 Å². The standard InChI is InChI=1S/C22H32N2O4/c1-12(2)20-19(13(3)24-28-20)21(26)27-11-18(25)23-14(4)22-8-15-5-16(9-22)7-17(6-15)10-22/h12,14-17H,5-11H2,1-4H3,(H,23,25)/t14-,15?,16?,17?,22?/m0/s1. The average molecular weight is 389 g/mol. The van der Waals surface area contributed by atoms with E-state index in [1.165, 1.54) is 38.5 Å². The second kappa shape index (κ2) is 7.20. The molecule has 4 aliphatic carbocycles. The number of nitrogens with one attached hydrogen (secondary N) is 1. The van der Waals surface area contributed by atoms with Gasteiger partial charge in [-0.3, -0.25) is 4.79 Å². The SMILES string of the molecule is Cc1noc(C(C)C)c1C(=O)OCC(=O)N[C@@H](C)C12CC3CC(CC(C3)C1)C2. The number of amides is 1. The van der Waals surface area contributed by atoms with Gasteiger partial charge in [0.1, 0.15) is 5.56 Å². The lowest BCUT2D eigenvalue weighted by atomic mass is 9.48. The maximum Gasteiger partial charge on any atom is 0.344 e. The molecule has 6 heteroatoms. The lowest BCUT2D eigenvalue weighted by molar-refractivity contribution is -0.128. The molecule has 4 fully saturated rings. The van der Waals surface area contributed by atoms with Crippen LogP contribution < -0.4 is 5.32 Å². The summed E-state index contributed by atoms with van der Waals surface area (Å²) in [7, 11) is 0. The number of ether oxygens (including phenoxy) is 1. The van der Waals surface area contributed by atoms with Gasteiger partial charge in [0, 0.05) is 12.0 Å². The largest absolute Gasteiger partial charge is 0.452 e. The van der Waals surface area contributed by atoms with Crippen molar-refractivity contribution in [3.05, 3.63) is 17.0 Å². The molecule has 0 unspecified atom stereocenters. The van der Waals surface area contributed by atoms with E-state index in [0.717, 1.165) is 17.8 Å². The van der Waals surface area contributed by atoms with Crippen molar-refractivity contribution < 1.29 is 18.8 Å². The molecule has 1 atom stereocenters. The minimum atomic E-state index is -0.542. The number of aromatic nitrogens is 1. The van der Waals surface area contributed by atoms with Crippen molar-refractivity contribution >= 4 is 11.9 Å². The van der Waals surface area contributed by atoms with Crippen molar-refractivity contribution in [3.8, 4) is 0 Å². The Bertz CT molecular complexity index is 731. The van der Waals surface area contributed by atoms with E-state index in [4.69, 9.17) is 9.26 Å². The summed E-state index contributed by atoms with van der Waals surface area (Å²) in [5.41, 5.74) is 1.08. The summed E-state index contributed by atoms with van der Waals surface area (Å²) in [6.07, 6.45) is 7.85. The van der Waals surface area contributed by atoms with Gasteiger partial charge in [-0.2, -0.15) is 0 Å². The Hall–Kier alpha value is -1.85. The van der Waals surface area contributed by atoms with Crippen LogP contribution in [0.15, 0.2) is 4.52 Å². The molecule has 0 saturated heterocycles. The van der Waals surface area contributed by atoms with Gasteiger partial charge in [0.05, 0.1) is 5.69 Å². The van der Waals surface area contributed by atoms with Crippen LogP contribution in [0.25, 0.3) is 0 Å². The Morgan fingerprint density at radius 3 is 2.25 bits per heavy atom. The first kappa shape index (κ1) is 19.5. The van der Waals surface area contributed by atoms with Crippen molar-refractivity contribution in [2.45, 2.75) is 78.2 Å². The lowest BCUT2D eigenvalue weighted by Crippen LogP contribution is -2.56. The van der Waals surface area contributed by atoms with Gasteiger partial charge in [-0.05, 0) is 75.5 Å². The summed E-state index contributed by atoms with van der Waals surface area (Å²) in [5.74, 6) is 2.29. The van der Waals surface area contributed by atoms with E-state index < -0.39 is 5.97 Å². The quantitative estimate of drug-likeness (QED) is 0.745. The number of carbonyl (C=O) groups excluding carboxylic acids is 2. The number of hydrogen-bond acceptors (Lipinski definition) is 5. The average Bonchev–Trinajstić information content (AvgIpc) is 3.00. The van der Waals surface area contributed by atoms with Gasteiger partial charge in [0.15, 0.2) is 12.4 Å². The van der Waals surface area contributed by atoms with Crippen molar-refractivity contribution in [3.63, 3.8) is 0 Å². The zero-order chi connectivity index (χ0) is 20.1. The van der Waals surface area contributed by atoms with Crippen molar-refractivity contribution in [1.29, 1.82) is 0 Å². The summed E-state index contributed by atoms with van der Waals surface area (Å²) < 4.78 is 10.5. The molecule has 1 aromatic rings. The van der Waals surface area contributed by atoms with Crippen molar-refractivity contribution in [1.82, 2.24) is 10.5 Å². The van der Waals surface area contributed by atoms with E-state index in [2.05, 4.69) is 17.4 Å². The lowest BCUT2D eigenvalue weighted by Gasteiger charge is -2.59. The number of hydrogen-bond donors (Lipinski definition) is 1. The van der Waals surface area contributed by atoms with Gasteiger partial charge in [0.25, 0.3) is 5.91 Å². The van der Waals surface area contributed by atoms with Gasteiger partial charge in [-0.25, -0.2) is 4.79 Å². The number of rotatable bonds is 6. The van der Waals surface area contributed by atoms with E-state index in [9.17, 15) is 9.59 Å². The van der Waals surface area contributed by atoms with Crippen LogP contribution in [0.1, 0.15) is 87.0 Å². The molecule has 0 spiro atoms. The fourth-order valence-corrected chi connectivity index (χ4v) is 6.38. The van der Waals surface area contributed by atoms with Gasteiger partial charge in [0.2, 0.25) is 0 Å². The van der Waals surface area contributed by atoms with E-state index in [1.54, 1.807) is 6.92 Å². The molecular weight excluding hydrogens is 356 g/mol. The predicted molar refractivity (Wildman–Crippen MR) is 104 cm³/mol. The third kappa shape index (κ3) is 3.46. The van der Waals surface area contributed by atoms with Gasteiger partial charge >= 0.3 is 5.97 Å². The number of nitrogens with zero attached hydrogens (tertiary/aromatic N) is 1. The van der Waals surface area contributed by atoms with Crippen LogP contribution in [0.3, 0.4) is 0 Å². The van der Waals surface area contributed by atoms with Gasteiger partial charge in [-0.1, -0.05) is 19.0 Å². The van der Waals surface area contributed by atoms with Crippen LogP contribution in [0.5, 0.6) is 0 Å². The molecule has 1 aromatic heterocycles. The maximum atomic E-state index is 12.5. The molecule has 154 valence electrons. The van der Waals surface area contributed by atoms with Crippen molar-refractivity contribution in [2.24, 2.45) is 23.2 Å². The van der Waals surface area contributed by atoms with Crippen molar-refractivity contribution in [2.75, 3.05) is 6.61 Å². The minimum Gasteiger partial charge on any atom is -0.452 e. The molecule has 0 aliphatic heterocycles. The Balaban J connectivity index is 1.34. The zero-order valence-corrected chi connectivity index (χ0v) is 17.4. The van der Waals surface area contributed by atoms with Gasteiger partial charge < -0.3 is 14.6 Å². The smallest absolute Gasteiger partial charge is 0.344 e. The van der Waals surface area contributed by atoms with E-state index >= 15 is 0 Å². The molecular formula is C22H32N2O4. The Kier molecular flexibility index (Phi) is 5.00. The maximum absolute atomic E-state index is 12.5. The van der Waals surface area contributed by atoms with E-state index in [0.29, 0.717) is 17.0 Å². The number of aryl methyl sites for hydroxylation is 1. The van der Waals surface area contributed by atoms with Crippen LogP contribution in [-0.4, -0.2) is 29.7 Å². The van der Waals surface area contributed by atoms with E-state index in [1.807, 2.05) is 13.8 Å². The minimum absolute atomic E-state index is 0.0219. The van der Waals surface area contributed by atoms with Crippen LogP contribution >= 0.6 is 0 Å². The first-order valence-corrected chi connectivity index (χ1v) is 10.7. The number of carbonyl (C=O) groups is 2. The first-order valence-electron chi connectivity index (χ1n) is 10.7. The molecule has 5 rings (SSSR count). The molecule has 4 saturated carbocycles. The summed E-state index contributed by atoms with van der Waals surface area (Å²) in [4.78, 5) is 25.0. The van der Waals surface area contributed by atoms with Crippen LogP contribution in [-0.2, 0) is 9.53 Å². The molecule has 1 amide bonds. The highest BCUT2D eigenvalue weighted by atomic mass is 16.5. The third-order valence-corrected chi connectivity index (χ3v) is 7.33. The number of esters is 1. The molecule has 4 aliphatic rings. The Morgan fingerprint density at radius 2 is 1.71 bits per heavy atom. The zero-order valence-electron chi connectivity index (χ0n) is 17.4. The van der Waals surface area contributed by atoms with Crippen LogP contribution in [0, 0.1) is 30.1 Å². The summed E-state index contributed by atoms with van der Waals surface area (Å²) in [6.45, 7) is 7.43. The summed E-state index contributed by atoms with van der Waals surface area (Å²) >= 11 is 0. The first-order chi connectivity index (χ1) is 13.3. The molecule has 1 heterocycles. The Labute approximate surface area is 166 Å². The monoisotopic (exact) mass is 388 g/mol. The third-order valence-electron chi connectivity index (χ3n) is 7.33. The molecule has 0 aromatic carbocycles. The molecule has 6 nitrogen and oxygen atoms in total. The molecule has 0 radical (unpaired) electrons. The van der Waals surface area contributed by atoms with Gasteiger partial charge in [-0.15, -0.1) is 0 Å². The highest BCUT2D eigenvalue weighted by Gasteiger charge is 2.53. The van der Waals surface area contributed by atoms with Crippen LogP contribution in [0.2, 0.25) is 0 Å². The fraction of sp³-hybridized carbons (Fsp3) is 0.773. The second-order valence-corrected chi connectivity index (χ2v) is 9.81. The molecule has 1 N–H and O–H groups in total. The second-order valence-electron chi connectivity index (χ2n) is 9.81.